The molecule has 1 aromatic heterocycles. The van der Waals surface area contributed by atoms with Gasteiger partial charge >= 0.3 is 5.69 Å². The third kappa shape index (κ3) is 2.76. The molecule has 1 heterocycles. The van der Waals surface area contributed by atoms with E-state index in [1.165, 1.54) is 12.3 Å². The number of hydrogen-bond donors (Lipinski definition) is 2. The van der Waals surface area contributed by atoms with Gasteiger partial charge in [0.2, 0.25) is 5.82 Å². The maximum atomic E-state index is 10.9. The van der Waals surface area contributed by atoms with Crippen molar-refractivity contribution in [1.82, 2.24) is 4.98 Å². The predicted molar refractivity (Wildman–Crippen MR) is 69.7 cm³/mol. The van der Waals surface area contributed by atoms with E-state index in [9.17, 15) is 10.1 Å². The molecule has 0 spiro atoms. The zero-order chi connectivity index (χ0) is 13.8. The number of benzene rings is 1. The summed E-state index contributed by atoms with van der Waals surface area (Å²) in [5, 5.41) is 22.5. The molecule has 0 fully saturated rings. The van der Waals surface area contributed by atoms with Gasteiger partial charge in [0.1, 0.15) is 6.07 Å². The average Bonchev–Trinajstić information content (AvgIpc) is 2.39. The van der Waals surface area contributed by atoms with Crippen LogP contribution in [0.4, 0.5) is 22.9 Å². The summed E-state index contributed by atoms with van der Waals surface area (Å²) >= 11 is 0. The summed E-state index contributed by atoms with van der Waals surface area (Å²) in [5.74, 6) is 0.0644. The van der Waals surface area contributed by atoms with Crippen molar-refractivity contribution in [2.45, 2.75) is 0 Å². The molecule has 2 rings (SSSR count). The summed E-state index contributed by atoms with van der Waals surface area (Å²) in [6.07, 6.45) is 1.27. The summed E-state index contributed by atoms with van der Waals surface area (Å²) in [4.78, 5) is 14.2. The minimum absolute atomic E-state index is 0.0644. The second-order valence-corrected chi connectivity index (χ2v) is 3.71. The van der Waals surface area contributed by atoms with Gasteiger partial charge in [0, 0.05) is 23.6 Å². The molecule has 0 atom stereocenters. The summed E-state index contributed by atoms with van der Waals surface area (Å²) in [6.45, 7) is 0. The lowest BCUT2D eigenvalue weighted by atomic mass is 10.2. The highest BCUT2D eigenvalue weighted by Gasteiger charge is 2.16. The Balaban J connectivity index is 2.40. The fourth-order valence-electron chi connectivity index (χ4n) is 1.50. The van der Waals surface area contributed by atoms with Gasteiger partial charge in [0.15, 0.2) is 0 Å². The Kier molecular flexibility index (Phi) is 3.25. The number of nitrogens with two attached hydrogens (primary N) is 1. The van der Waals surface area contributed by atoms with Crippen molar-refractivity contribution < 1.29 is 4.92 Å². The van der Waals surface area contributed by atoms with Crippen LogP contribution in [-0.2, 0) is 0 Å². The monoisotopic (exact) mass is 255 g/mol. The molecule has 2 aromatic rings. The van der Waals surface area contributed by atoms with Crippen molar-refractivity contribution in [1.29, 1.82) is 5.26 Å². The van der Waals surface area contributed by atoms with Gasteiger partial charge in [-0.1, -0.05) is 6.07 Å². The zero-order valence-electron chi connectivity index (χ0n) is 9.70. The molecule has 7 heteroatoms. The topological polar surface area (TPSA) is 118 Å². The summed E-state index contributed by atoms with van der Waals surface area (Å²) in [5.41, 5.74) is 6.60. The Morgan fingerprint density at radius 1 is 1.42 bits per heavy atom. The summed E-state index contributed by atoms with van der Waals surface area (Å²) in [6, 6.07) is 9.73. The number of aromatic nitrogens is 1. The Morgan fingerprint density at radius 2 is 2.21 bits per heavy atom. The lowest BCUT2D eigenvalue weighted by molar-refractivity contribution is -0.384. The van der Waals surface area contributed by atoms with Crippen LogP contribution in [0.25, 0.3) is 0 Å². The first-order valence-corrected chi connectivity index (χ1v) is 5.27. The molecule has 0 radical (unpaired) electrons. The number of nitro groups is 1. The van der Waals surface area contributed by atoms with Crippen LogP contribution in [0.3, 0.4) is 0 Å². The van der Waals surface area contributed by atoms with Crippen LogP contribution in [0.1, 0.15) is 5.56 Å². The highest BCUT2D eigenvalue weighted by atomic mass is 16.6. The van der Waals surface area contributed by atoms with E-state index >= 15 is 0 Å². The van der Waals surface area contributed by atoms with Gasteiger partial charge in [-0.3, -0.25) is 10.1 Å². The van der Waals surface area contributed by atoms with Crippen LogP contribution >= 0.6 is 0 Å². The van der Waals surface area contributed by atoms with Crippen molar-refractivity contribution in [2.24, 2.45) is 0 Å². The van der Waals surface area contributed by atoms with Crippen molar-refractivity contribution in [3.63, 3.8) is 0 Å². The van der Waals surface area contributed by atoms with E-state index in [4.69, 9.17) is 11.0 Å². The van der Waals surface area contributed by atoms with Crippen LogP contribution in [0, 0.1) is 21.4 Å². The van der Waals surface area contributed by atoms with Crippen LogP contribution in [0.15, 0.2) is 36.5 Å². The second-order valence-electron chi connectivity index (χ2n) is 3.71. The Bertz CT molecular complexity index is 678. The first-order valence-electron chi connectivity index (χ1n) is 5.27. The molecule has 94 valence electrons. The lowest BCUT2D eigenvalue weighted by Crippen LogP contribution is -2.00. The fraction of sp³-hybridized carbons (Fsp3) is 0. The van der Waals surface area contributed by atoms with Crippen LogP contribution in [0.2, 0.25) is 0 Å². The van der Waals surface area contributed by atoms with Gasteiger partial charge in [-0.25, -0.2) is 4.98 Å². The van der Waals surface area contributed by atoms with E-state index in [1.54, 1.807) is 24.3 Å². The molecular weight excluding hydrogens is 246 g/mol. The van der Waals surface area contributed by atoms with Crippen molar-refractivity contribution in [2.75, 3.05) is 11.1 Å². The third-order valence-electron chi connectivity index (χ3n) is 2.34. The van der Waals surface area contributed by atoms with E-state index < -0.39 is 4.92 Å². The molecule has 0 saturated carbocycles. The maximum absolute atomic E-state index is 10.9. The van der Waals surface area contributed by atoms with Crippen LogP contribution in [-0.4, -0.2) is 9.91 Å². The molecule has 19 heavy (non-hydrogen) atoms. The normalized spacial score (nSPS) is 9.63. The first-order chi connectivity index (χ1) is 9.10. The molecule has 3 N–H and O–H groups in total. The molecule has 0 aliphatic carbocycles. The van der Waals surface area contributed by atoms with E-state index in [2.05, 4.69) is 10.3 Å². The Hall–Kier alpha value is -3.14. The lowest BCUT2D eigenvalue weighted by Gasteiger charge is -2.06. The number of hydrogen-bond acceptors (Lipinski definition) is 6. The number of anilines is 3. The van der Waals surface area contributed by atoms with E-state index in [-0.39, 0.29) is 17.1 Å². The molecule has 0 aliphatic rings. The van der Waals surface area contributed by atoms with E-state index in [1.807, 2.05) is 6.07 Å². The quantitative estimate of drug-likeness (QED) is 0.493. The predicted octanol–water partition coefficient (Wildman–Crippen LogP) is 2.19. The average molecular weight is 255 g/mol. The van der Waals surface area contributed by atoms with E-state index in [0.717, 1.165) is 0 Å². The number of rotatable bonds is 3. The number of nitriles is 1. The molecule has 0 saturated heterocycles. The molecule has 0 aliphatic heterocycles. The SMILES string of the molecule is N#Cc1cnc(Nc2cccc(N)c2)c([N+](=O)[O-])c1. The number of nitrogen functional groups attached to an aromatic ring is 1. The molecule has 7 nitrogen and oxygen atoms in total. The fourth-order valence-corrected chi connectivity index (χ4v) is 1.50. The van der Waals surface area contributed by atoms with Gasteiger partial charge in [0.25, 0.3) is 0 Å². The van der Waals surface area contributed by atoms with Gasteiger partial charge in [-0.15, -0.1) is 0 Å². The molecule has 0 amide bonds. The number of nitrogens with zero attached hydrogens (tertiary/aromatic N) is 3. The second kappa shape index (κ2) is 5.01. The first kappa shape index (κ1) is 12.3. The standard InChI is InChI=1S/C12H9N5O2/c13-6-8-4-11(17(18)19)12(15-7-8)16-10-3-1-2-9(14)5-10/h1-5,7H,14H2,(H,15,16). The third-order valence-corrected chi connectivity index (χ3v) is 2.34. The zero-order valence-corrected chi connectivity index (χ0v) is 9.70. The van der Waals surface area contributed by atoms with Crippen molar-refractivity contribution in [3.8, 4) is 6.07 Å². The largest absolute Gasteiger partial charge is 0.399 e. The molecule has 0 unspecified atom stereocenters. The molecule has 0 bridgehead atoms. The molecule has 1 aromatic carbocycles. The minimum atomic E-state index is -0.595. The van der Waals surface area contributed by atoms with Crippen LogP contribution in [0.5, 0.6) is 0 Å². The van der Waals surface area contributed by atoms with Gasteiger partial charge in [0.05, 0.1) is 10.5 Å². The van der Waals surface area contributed by atoms with Crippen LogP contribution < -0.4 is 11.1 Å². The highest BCUT2D eigenvalue weighted by molar-refractivity contribution is 5.68. The Morgan fingerprint density at radius 3 is 2.84 bits per heavy atom. The summed E-state index contributed by atoms with van der Waals surface area (Å²) in [7, 11) is 0. The highest BCUT2D eigenvalue weighted by Crippen LogP contribution is 2.26. The maximum Gasteiger partial charge on any atom is 0.313 e. The number of nitrogens with one attached hydrogen (secondary N) is 1. The van der Waals surface area contributed by atoms with Crippen molar-refractivity contribution in [3.05, 3.63) is 52.2 Å². The van der Waals surface area contributed by atoms with E-state index in [0.29, 0.717) is 11.4 Å². The van der Waals surface area contributed by atoms with Crippen molar-refractivity contribution >= 4 is 22.9 Å². The van der Waals surface area contributed by atoms with Gasteiger partial charge in [-0.2, -0.15) is 5.26 Å². The van der Waals surface area contributed by atoms with Gasteiger partial charge in [-0.05, 0) is 18.2 Å². The molecular formula is C12H9N5O2. The van der Waals surface area contributed by atoms with Gasteiger partial charge < -0.3 is 11.1 Å². The number of pyridine rings is 1. The minimum Gasteiger partial charge on any atom is -0.399 e. The summed E-state index contributed by atoms with van der Waals surface area (Å²) < 4.78 is 0. The smallest absolute Gasteiger partial charge is 0.313 e. The Labute approximate surface area is 108 Å².